The van der Waals surface area contributed by atoms with E-state index in [1.54, 1.807) is 0 Å². The lowest BCUT2D eigenvalue weighted by Gasteiger charge is -2.44. The smallest absolute Gasteiger partial charge is 0.410 e. The third-order valence-electron chi connectivity index (χ3n) is 7.55. The van der Waals surface area contributed by atoms with Crippen molar-refractivity contribution in [2.45, 2.75) is 31.3 Å². The Kier molecular flexibility index (Phi) is 5.39. The van der Waals surface area contributed by atoms with Crippen molar-refractivity contribution in [3.8, 4) is 17.2 Å². The summed E-state index contributed by atoms with van der Waals surface area (Å²) in [6.45, 7) is 3.22. The van der Waals surface area contributed by atoms with E-state index >= 15 is 0 Å². The molecule has 2 bridgehead atoms. The Morgan fingerprint density at radius 2 is 1.69 bits per heavy atom. The lowest BCUT2D eigenvalue weighted by molar-refractivity contribution is -0.0331. The van der Waals surface area contributed by atoms with E-state index in [4.69, 9.17) is 9.47 Å². The van der Waals surface area contributed by atoms with Crippen LogP contribution in [0, 0.1) is 18.3 Å². The molecule has 1 fully saturated rings. The SMILES string of the molecule is Cc1c(C#N)cccc1C1=CC2COCC(C1)N2C(=O)OCC1c2ccccc2-c2ccccc21. The summed E-state index contributed by atoms with van der Waals surface area (Å²) in [5.74, 6) is 0.0368. The standard InChI is InChI=1S/C30H26N2O3/c1-19-20(15-31)7-6-12-24(19)21-13-22-16-34-17-23(14-21)32(22)30(33)35-18-29-27-10-4-2-8-25(27)26-9-3-5-11-28(26)29/h2-13,22-23,29H,14,16-18H2,1H3. The lowest BCUT2D eigenvalue weighted by atomic mass is 9.87. The highest BCUT2D eigenvalue weighted by Crippen LogP contribution is 2.44. The zero-order valence-corrected chi connectivity index (χ0v) is 19.6. The lowest BCUT2D eigenvalue weighted by Crippen LogP contribution is -2.56. The number of amides is 1. The first kappa shape index (κ1) is 21.6. The van der Waals surface area contributed by atoms with Crippen LogP contribution in [0.25, 0.3) is 16.7 Å². The fourth-order valence-corrected chi connectivity index (χ4v) is 5.85. The van der Waals surface area contributed by atoms with Gasteiger partial charge in [-0.2, -0.15) is 5.26 Å². The fourth-order valence-electron chi connectivity index (χ4n) is 5.85. The molecule has 0 spiro atoms. The molecule has 1 aliphatic carbocycles. The molecular weight excluding hydrogens is 436 g/mol. The van der Waals surface area contributed by atoms with Gasteiger partial charge in [0.2, 0.25) is 0 Å². The maximum absolute atomic E-state index is 13.4. The Morgan fingerprint density at radius 1 is 1.00 bits per heavy atom. The first-order chi connectivity index (χ1) is 17.2. The number of ether oxygens (including phenoxy) is 2. The van der Waals surface area contributed by atoms with Gasteiger partial charge in [-0.3, -0.25) is 4.90 Å². The van der Waals surface area contributed by atoms with Crippen molar-refractivity contribution in [3.05, 3.63) is 101 Å². The van der Waals surface area contributed by atoms with E-state index in [1.807, 2.05) is 36.1 Å². The summed E-state index contributed by atoms with van der Waals surface area (Å²) in [6.07, 6.45) is 2.50. The van der Waals surface area contributed by atoms with Crippen LogP contribution in [0.2, 0.25) is 0 Å². The van der Waals surface area contributed by atoms with Crippen molar-refractivity contribution in [2.24, 2.45) is 0 Å². The minimum Gasteiger partial charge on any atom is -0.448 e. The van der Waals surface area contributed by atoms with E-state index in [9.17, 15) is 10.1 Å². The number of hydrogen-bond donors (Lipinski definition) is 0. The van der Waals surface area contributed by atoms with Gasteiger partial charge in [-0.1, -0.05) is 66.7 Å². The highest BCUT2D eigenvalue weighted by Gasteiger charge is 2.40. The maximum Gasteiger partial charge on any atom is 0.410 e. The average Bonchev–Trinajstić information content (AvgIpc) is 3.20. The van der Waals surface area contributed by atoms with Crippen LogP contribution >= 0.6 is 0 Å². The van der Waals surface area contributed by atoms with Crippen LogP contribution in [-0.4, -0.2) is 42.9 Å². The molecule has 35 heavy (non-hydrogen) atoms. The molecule has 3 aromatic carbocycles. The summed E-state index contributed by atoms with van der Waals surface area (Å²) >= 11 is 0. The molecule has 2 heterocycles. The predicted molar refractivity (Wildman–Crippen MR) is 134 cm³/mol. The molecule has 1 amide bonds. The first-order valence-corrected chi connectivity index (χ1v) is 12.1. The van der Waals surface area contributed by atoms with Gasteiger partial charge in [0.05, 0.1) is 36.9 Å². The van der Waals surface area contributed by atoms with Crippen LogP contribution < -0.4 is 0 Å². The number of nitriles is 1. The Labute approximate surface area is 205 Å². The monoisotopic (exact) mass is 462 g/mol. The predicted octanol–water partition coefficient (Wildman–Crippen LogP) is 5.67. The number of hydrogen-bond acceptors (Lipinski definition) is 4. The molecular formula is C30H26N2O3. The Morgan fingerprint density at radius 3 is 2.37 bits per heavy atom. The number of carbonyl (C=O) groups excluding carboxylic acids is 1. The minimum atomic E-state index is -0.289. The number of fused-ring (bicyclic) bond motifs is 5. The van der Waals surface area contributed by atoms with Gasteiger partial charge in [0.15, 0.2) is 0 Å². The van der Waals surface area contributed by atoms with Gasteiger partial charge in [-0.05, 0) is 58.4 Å². The number of carbonyl (C=O) groups is 1. The molecule has 2 atom stereocenters. The van der Waals surface area contributed by atoms with Crippen LogP contribution in [0.5, 0.6) is 0 Å². The van der Waals surface area contributed by atoms with Crippen LogP contribution in [0.15, 0.2) is 72.8 Å². The highest BCUT2D eigenvalue weighted by molar-refractivity contribution is 5.80. The van der Waals surface area contributed by atoms with E-state index in [2.05, 4.69) is 54.6 Å². The van der Waals surface area contributed by atoms with Crippen LogP contribution in [0.4, 0.5) is 4.79 Å². The molecule has 2 aliphatic heterocycles. The molecule has 6 rings (SSSR count). The Balaban J connectivity index is 1.23. The second-order valence-electron chi connectivity index (χ2n) is 9.46. The molecule has 5 nitrogen and oxygen atoms in total. The van der Waals surface area contributed by atoms with E-state index in [0.717, 1.165) is 11.1 Å². The fraction of sp³-hybridized carbons (Fsp3) is 0.267. The van der Waals surface area contributed by atoms with Gasteiger partial charge >= 0.3 is 6.09 Å². The van der Waals surface area contributed by atoms with Crippen molar-refractivity contribution in [3.63, 3.8) is 0 Å². The van der Waals surface area contributed by atoms with Crippen molar-refractivity contribution < 1.29 is 14.3 Å². The zero-order chi connectivity index (χ0) is 23.9. The molecule has 2 unspecified atom stereocenters. The number of rotatable bonds is 3. The highest BCUT2D eigenvalue weighted by atomic mass is 16.6. The van der Waals surface area contributed by atoms with Crippen molar-refractivity contribution >= 4 is 11.7 Å². The summed E-state index contributed by atoms with van der Waals surface area (Å²) < 4.78 is 11.8. The largest absolute Gasteiger partial charge is 0.448 e. The van der Waals surface area contributed by atoms with E-state index < -0.39 is 0 Å². The number of benzene rings is 3. The molecule has 0 N–H and O–H groups in total. The van der Waals surface area contributed by atoms with Crippen molar-refractivity contribution in [1.29, 1.82) is 5.26 Å². The summed E-state index contributed by atoms with van der Waals surface area (Å²) in [7, 11) is 0. The third-order valence-corrected chi connectivity index (χ3v) is 7.55. The molecule has 1 saturated heterocycles. The van der Waals surface area contributed by atoms with E-state index in [0.29, 0.717) is 31.8 Å². The number of nitrogens with zero attached hydrogens (tertiary/aromatic N) is 2. The first-order valence-electron chi connectivity index (χ1n) is 12.1. The van der Waals surface area contributed by atoms with Crippen LogP contribution in [-0.2, 0) is 9.47 Å². The number of morpholine rings is 1. The molecule has 0 saturated carbocycles. The summed E-state index contributed by atoms with van der Waals surface area (Å²) in [5.41, 5.74) is 8.76. The molecule has 174 valence electrons. The molecule has 0 radical (unpaired) electrons. The normalized spacial score (nSPS) is 20.5. The van der Waals surface area contributed by atoms with Gasteiger partial charge in [-0.15, -0.1) is 0 Å². The minimum absolute atomic E-state index is 0.0368. The second-order valence-corrected chi connectivity index (χ2v) is 9.46. The quantitative estimate of drug-likeness (QED) is 0.503. The van der Waals surface area contributed by atoms with Crippen molar-refractivity contribution in [1.82, 2.24) is 4.90 Å². The Hall–Kier alpha value is -3.88. The van der Waals surface area contributed by atoms with Gasteiger partial charge < -0.3 is 9.47 Å². The third kappa shape index (κ3) is 3.62. The molecule has 0 aromatic heterocycles. The topological polar surface area (TPSA) is 62.6 Å². The van der Waals surface area contributed by atoms with Gasteiger partial charge in [0, 0.05) is 5.92 Å². The van der Waals surface area contributed by atoms with E-state index in [1.165, 1.54) is 27.8 Å². The summed E-state index contributed by atoms with van der Waals surface area (Å²) in [4.78, 5) is 15.2. The molecule has 3 aromatic rings. The van der Waals surface area contributed by atoms with Gasteiger partial charge in [-0.25, -0.2) is 4.79 Å². The molecule has 3 aliphatic rings. The summed E-state index contributed by atoms with van der Waals surface area (Å²) in [6, 6.07) is 24.5. The van der Waals surface area contributed by atoms with E-state index in [-0.39, 0.29) is 24.1 Å². The summed E-state index contributed by atoms with van der Waals surface area (Å²) in [5, 5.41) is 9.43. The maximum atomic E-state index is 13.4. The Bertz CT molecular complexity index is 1340. The second kappa shape index (κ2) is 8.72. The van der Waals surface area contributed by atoms with Crippen molar-refractivity contribution in [2.75, 3.05) is 19.8 Å². The zero-order valence-electron chi connectivity index (χ0n) is 19.6. The van der Waals surface area contributed by atoms with Gasteiger partial charge in [0.1, 0.15) is 6.61 Å². The van der Waals surface area contributed by atoms with Gasteiger partial charge in [0.25, 0.3) is 0 Å². The van der Waals surface area contributed by atoms with Crippen LogP contribution in [0.3, 0.4) is 0 Å². The molecule has 5 heteroatoms. The average molecular weight is 463 g/mol. The van der Waals surface area contributed by atoms with Crippen LogP contribution in [0.1, 0.15) is 40.2 Å².